The molecule has 6 nitrogen and oxygen atoms in total. The van der Waals surface area contributed by atoms with Crippen molar-refractivity contribution in [3.8, 4) is 0 Å². The molecule has 0 unspecified atom stereocenters. The van der Waals surface area contributed by atoms with Crippen molar-refractivity contribution in [3.63, 3.8) is 0 Å². The fraction of sp³-hybridized carbons (Fsp3) is 0.200. The van der Waals surface area contributed by atoms with E-state index in [0.29, 0.717) is 11.7 Å². The summed E-state index contributed by atoms with van der Waals surface area (Å²) in [6, 6.07) is 3.86. The number of nitrogens with zero attached hydrogens (tertiary/aromatic N) is 2. The van der Waals surface area contributed by atoms with Gasteiger partial charge in [0.2, 0.25) is 0 Å². The molecule has 0 saturated heterocycles. The third-order valence-corrected chi connectivity index (χ3v) is 3.33. The minimum atomic E-state index is -0.616. The first-order chi connectivity index (χ1) is 8.58. The van der Waals surface area contributed by atoms with Crippen molar-refractivity contribution < 1.29 is 9.72 Å². The number of nitro groups is 1. The highest BCUT2D eigenvalue weighted by Gasteiger charge is 2.22. The van der Waals surface area contributed by atoms with Crippen LogP contribution in [0.1, 0.15) is 10.4 Å². The molecule has 1 heterocycles. The molecule has 1 aromatic rings. The fourth-order valence-electron chi connectivity index (χ4n) is 1.42. The summed E-state index contributed by atoms with van der Waals surface area (Å²) < 4.78 is 0. The summed E-state index contributed by atoms with van der Waals surface area (Å²) in [7, 11) is 0. The highest BCUT2D eigenvalue weighted by molar-refractivity contribution is 8.14. The second-order valence-electron chi connectivity index (χ2n) is 3.41. The number of nitro benzene ring substituents is 1. The van der Waals surface area contributed by atoms with Crippen LogP contribution < -0.4 is 5.32 Å². The van der Waals surface area contributed by atoms with E-state index in [-0.39, 0.29) is 16.3 Å². The number of halogens is 1. The number of amides is 1. The van der Waals surface area contributed by atoms with Gasteiger partial charge in [-0.3, -0.25) is 19.9 Å². The average molecular weight is 286 g/mol. The maximum Gasteiger partial charge on any atom is 0.282 e. The van der Waals surface area contributed by atoms with E-state index in [9.17, 15) is 14.9 Å². The number of hydrogen-bond acceptors (Lipinski definition) is 5. The van der Waals surface area contributed by atoms with Gasteiger partial charge in [0.15, 0.2) is 5.17 Å². The van der Waals surface area contributed by atoms with E-state index in [1.807, 2.05) is 0 Å². The highest BCUT2D eigenvalue weighted by atomic mass is 35.5. The molecule has 0 radical (unpaired) electrons. The van der Waals surface area contributed by atoms with Crippen molar-refractivity contribution in [1.82, 2.24) is 5.32 Å². The lowest BCUT2D eigenvalue weighted by Crippen LogP contribution is -2.28. The van der Waals surface area contributed by atoms with Crippen LogP contribution in [0.2, 0.25) is 5.02 Å². The van der Waals surface area contributed by atoms with E-state index < -0.39 is 10.8 Å². The van der Waals surface area contributed by atoms with Crippen LogP contribution in [0.3, 0.4) is 0 Å². The monoisotopic (exact) mass is 285 g/mol. The van der Waals surface area contributed by atoms with Crippen LogP contribution in [-0.4, -0.2) is 28.3 Å². The molecule has 0 saturated carbocycles. The van der Waals surface area contributed by atoms with Gasteiger partial charge in [0, 0.05) is 16.8 Å². The molecule has 1 aromatic carbocycles. The van der Waals surface area contributed by atoms with E-state index in [1.54, 1.807) is 0 Å². The normalized spacial score (nSPS) is 14.2. The zero-order valence-corrected chi connectivity index (χ0v) is 10.6. The summed E-state index contributed by atoms with van der Waals surface area (Å²) in [4.78, 5) is 26.2. The SMILES string of the molecule is O=C(NC1=NCCS1)c1cc(Cl)ccc1[N+](=O)[O-]. The summed E-state index contributed by atoms with van der Waals surface area (Å²) in [6.07, 6.45) is 0. The topological polar surface area (TPSA) is 84.6 Å². The van der Waals surface area contributed by atoms with Crippen LogP contribution in [0.4, 0.5) is 5.69 Å². The lowest BCUT2D eigenvalue weighted by molar-refractivity contribution is -0.385. The van der Waals surface area contributed by atoms with E-state index in [2.05, 4.69) is 10.3 Å². The Hall–Kier alpha value is -1.60. The predicted molar refractivity (Wildman–Crippen MR) is 70.3 cm³/mol. The van der Waals surface area contributed by atoms with Gasteiger partial charge in [-0.05, 0) is 12.1 Å². The lowest BCUT2D eigenvalue weighted by Gasteiger charge is -2.05. The van der Waals surface area contributed by atoms with Crippen molar-refractivity contribution >= 4 is 40.1 Å². The summed E-state index contributed by atoms with van der Waals surface area (Å²) in [6.45, 7) is 0.637. The summed E-state index contributed by atoms with van der Waals surface area (Å²) in [5.74, 6) is 0.227. The lowest BCUT2D eigenvalue weighted by atomic mass is 10.1. The Morgan fingerprint density at radius 3 is 2.94 bits per heavy atom. The Labute approximate surface area is 112 Å². The van der Waals surface area contributed by atoms with Crippen LogP contribution >= 0.6 is 23.4 Å². The molecule has 18 heavy (non-hydrogen) atoms. The number of hydrogen-bond donors (Lipinski definition) is 1. The minimum Gasteiger partial charge on any atom is -0.301 e. The molecular formula is C10H8ClN3O3S. The first-order valence-corrected chi connectivity index (χ1v) is 6.37. The zero-order chi connectivity index (χ0) is 13.1. The smallest absolute Gasteiger partial charge is 0.282 e. The van der Waals surface area contributed by atoms with Crippen LogP contribution in [-0.2, 0) is 0 Å². The molecule has 0 aliphatic carbocycles. The van der Waals surface area contributed by atoms with Gasteiger partial charge >= 0.3 is 0 Å². The van der Waals surface area contributed by atoms with E-state index in [0.717, 1.165) is 5.75 Å². The molecular weight excluding hydrogens is 278 g/mol. The van der Waals surface area contributed by atoms with Gasteiger partial charge < -0.3 is 5.32 Å². The third kappa shape index (κ3) is 2.80. The summed E-state index contributed by atoms with van der Waals surface area (Å²) >= 11 is 7.14. The van der Waals surface area contributed by atoms with Gasteiger partial charge in [-0.1, -0.05) is 23.4 Å². The standard InChI is InChI=1S/C10H8ClN3O3S/c11-6-1-2-8(14(16)17)7(5-6)9(15)13-10-12-3-4-18-10/h1-2,5H,3-4H2,(H,12,13,15). The second kappa shape index (κ2) is 5.36. The number of aliphatic imine (C=N–C) groups is 1. The van der Waals surface area contributed by atoms with Crippen molar-refractivity contribution in [1.29, 1.82) is 0 Å². The Morgan fingerprint density at radius 1 is 1.56 bits per heavy atom. The maximum absolute atomic E-state index is 11.9. The Bertz CT molecular complexity index is 547. The molecule has 0 fully saturated rings. The number of thioether (sulfide) groups is 1. The van der Waals surface area contributed by atoms with Gasteiger partial charge in [-0.15, -0.1) is 0 Å². The molecule has 0 atom stereocenters. The van der Waals surface area contributed by atoms with Gasteiger partial charge in [0.1, 0.15) is 5.56 Å². The predicted octanol–water partition coefficient (Wildman–Crippen LogP) is 2.08. The highest BCUT2D eigenvalue weighted by Crippen LogP contribution is 2.23. The van der Waals surface area contributed by atoms with Gasteiger partial charge in [-0.2, -0.15) is 0 Å². The number of benzene rings is 1. The molecule has 0 aromatic heterocycles. The Morgan fingerprint density at radius 2 is 2.33 bits per heavy atom. The summed E-state index contributed by atoms with van der Waals surface area (Å²) in [5.41, 5.74) is -0.344. The quantitative estimate of drug-likeness (QED) is 0.666. The van der Waals surface area contributed by atoms with Crippen molar-refractivity contribution in [2.45, 2.75) is 0 Å². The molecule has 1 aliphatic rings. The van der Waals surface area contributed by atoms with E-state index >= 15 is 0 Å². The Kier molecular flexibility index (Phi) is 3.83. The first kappa shape index (κ1) is 12.8. The second-order valence-corrected chi connectivity index (χ2v) is 4.93. The van der Waals surface area contributed by atoms with Crippen molar-refractivity contribution in [3.05, 3.63) is 38.9 Å². The van der Waals surface area contributed by atoms with Gasteiger partial charge in [-0.25, -0.2) is 0 Å². The molecule has 2 rings (SSSR count). The van der Waals surface area contributed by atoms with Crippen LogP contribution in [0.5, 0.6) is 0 Å². The van der Waals surface area contributed by atoms with Gasteiger partial charge in [0.25, 0.3) is 11.6 Å². The van der Waals surface area contributed by atoms with Crippen LogP contribution in [0.25, 0.3) is 0 Å². The molecule has 0 bridgehead atoms. The number of amidine groups is 1. The zero-order valence-electron chi connectivity index (χ0n) is 9.05. The third-order valence-electron chi connectivity index (χ3n) is 2.21. The average Bonchev–Trinajstić information content (AvgIpc) is 2.81. The van der Waals surface area contributed by atoms with E-state index in [1.165, 1.54) is 30.0 Å². The Balaban J connectivity index is 2.28. The molecule has 94 valence electrons. The largest absolute Gasteiger partial charge is 0.301 e. The molecule has 8 heteroatoms. The fourth-order valence-corrected chi connectivity index (χ4v) is 2.32. The van der Waals surface area contributed by atoms with E-state index in [4.69, 9.17) is 11.6 Å². The van der Waals surface area contributed by atoms with Crippen LogP contribution in [0.15, 0.2) is 23.2 Å². The number of nitrogens with one attached hydrogen (secondary N) is 1. The molecule has 1 aliphatic heterocycles. The minimum absolute atomic E-state index is 0.0669. The number of carbonyl (C=O) groups is 1. The van der Waals surface area contributed by atoms with Crippen LogP contribution in [0, 0.1) is 10.1 Å². The van der Waals surface area contributed by atoms with Crippen molar-refractivity contribution in [2.75, 3.05) is 12.3 Å². The molecule has 1 N–H and O–H groups in total. The molecule has 1 amide bonds. The summed E-state index contributed by atoms with van der Waals surface area (Å²) in [5, 5.41) is 14.1. The maximum atomic E-state index is 11.9. The first-order valence-electron chi connectivity index (χ1n) is 5.00. The molecule has 0 spiro atoms. The number of rotatable bonds is 2. The van der Waals surface area contributed by atoms with Crippen molar-refractivity contribution in [2.24, 2.45) is 4.99 Å². The number of carbonyl (C=O) groups excluding carboxylic acids is 1. The van der Waals surface area contributed by atoms with Gasteiger partial charge in [0.05, 0.1) is 11.5 Å².